The van der Waals surface area contributed by atoms with E-state index in [1.54, 1.807) is 17.5 Å². The summed E-state index contributed by atoms with van der Waals surface area (Å²) >= 11 is 3.52. The number of thioether (sulfide) groups is 1. The van der Waals surface area contributed by atoms with Gasteiger partial charge in [-0.3, -0.25) is 9.78 Å². The van der Waals surface area contributed by atoms with Gasteiger partial charge >= 0.3 is 0 Å². The Hall–Kier alpha value is -1.44. The molecule has 1 unspecified atom stereocenters. The van der Waals surface area contributed by atoms with Gasteiger partial charge in [0.15, 0.2) is 0 Å². The Morgan fingerprint density at radius 3 is 3.13 bits per heavy atom. The van der Waals surface area contributed by atoms with Gasteiger partial charge in [-0.05, 0) is 12.1 Å². The topological polar surface area (TPSA) is 66.9 Å². The Kier molecular flexibility index (Phi) is 6.01. The van der Waals surface area contributed by atoms with Gasteiger partial charge in [0.1, 0.15) is 0 Å². The van der Waals surface area contributed by atoms with Gasteiger partial charge in [0.2, 0.25) is 5.91 Å². The molecule has 1 fully saturated rings. The van der Waals surface area contributed by atoms with Crippen LogP contribution in [0.5, 0.6) is 0 Å². The predicted molar refractivity (Wildman–Crippen MR) is 95.8 cm³/mol. The Morgan fingerprint density at radius 1 is 1.39 bits per heavy atom. The first-order valence-corrected chi connectivity index (χ1v) is 9.78. The van der Waals surface area contributed by atoms with Gasteiger partial charge in [0.05, 0.1) is 16.4 Å². The Bertz CT molecular complexity index is 626. The zero-order chi connectivity index (χ0) is 15.9. The van der Waals surface area contributed by atoms with Crippen molar-refractivity contribution < 1.29 is 4.79 Å². The van der Waals surface area contributed by atoms with Gasteiger partial charge in [-0.15, -0.1) is 11.3 Å². The quantitative estimate of drug-likeness (QED) is 0.835. The summed E-state index contributed by atoms with van der Waals surface area (Å²) in [6.45, 7) is 1.63. The third-order valence-corrected chi connectivity index (χ3v) is 5.61. The van der Waals surface area contributed by atoms with Crippen LogP contribution in [0.4, 0.5) is 0 Å². The monoisotopic (exact) mass is 348 g/mol. The minimum atomic E-state index is 0.117. The molecule has 0 bridgehead atoms. The van der Waals surface area contributed by atoms with Crippen LogP contribution in [0.3, 0.4) is 0 Å². The minimum absolute atomic E-state index is 0.117. The van der Waals surface area contributed by atoms with Crippen molar-refractivity contribution in [3.05, 3.63) is 34.8 Å². The average Bonchev–Trinajstić information content (AvgIpc) is 3.05. The number of hydrogen-bond acceptors (Lipinski definition) is 6. The largest absolute Gasteiger partial charge is 0.356 e. The maximum atomic E-state index is 11.9. The predicted octanol–water partition coefficient (Wildman–Crippen LogP) is 1.96. The van der Waals surface area contributed by atoms with Crippen molar-refractivity contribution in [2.24, 2.45) is 0 Å². The van der Waals surface area contributed by atoms with Crippen molar-refractivity contribution >= 4 is 29.0 Å². The number of rotatable bonds is 6. The lowest BCUT2D eigenvalue weighted by molar-refractivity contribution is -0.121. The van der Waals surface area contributed by atoms with Crippen LogP contribution < -0.4 is 10.6 Å². The fraction of sp³-hybridized carbons (Fsp3) is 0.438. The molecule has 0 saturated carbocycles. The molecule has 2 N–H and O–H groups in total. The minimum Gasteiger partial charge on any atom is -0.356 e. The van der Waals surface area contributed by atoms with Crippen LogP contribution in [0.1, 0.15) is 11.4 Å². The summed E-state index contributed by atoms with van der Waals surface area (Å²) in [5, 5.41) is 9.41. The molecule has 7 heteroatoms. The molecule has 2 aromatic rings. The van der Waals surface area contributed by atoms with Crippen LogP contribution in [0.15, 0.2) is 29.8 Å². The SMILES string of the molecule is O=C(CC1CSCCN1)NCCc1nc(-c2ccccn2)cs1. The second-order valence-electron chi connectivity index (χ2n) is 5.37. The fourth-order valence-electron chi connectivity index (χ4n) is 2.41. The third-order valence-electron chi connectivity index (χ3n) is 3.57. The number of carbonyl (C=O) groups is 1. The summed E-state index contributed by atoms with van der Waals surface area (Å²) in [5.41, 5.74) is 1.79. The number of hydrogen-bond donors (Lipinski definition) is 2. The Morgan fingerprint density at radius 2 is 2.35 bits per heavy atom. The van der Waals surface area contributed by atoms with Gasteiger partial charge in [0.25, 0.3) is 0 Å². The number of aromatic nitrogens is 2. The van der Waals surface area contributed by atoms with Crippen LogP contribution in [-0.2, 0) is 11.2 Å². The third kappa shape index (κ3) is 5.02. The number of nitrogens with zero attached hydrogens (tertiary/aromatic N) is 2. The van der Waals surface area contributed by atoms with E-state index in [-0.39, 0.29) is 5.91 Å². The van der Waals surface area contributed by atoms with Crippen LogP contribution in [0.2, 0.25) is 0 Å². The van der Waals surface area contributed by atoms with Crippen LogP contribution in [0.25, 0.3) is 11.4 Å². The number of pyridine rings is 1. The highest BCUT2D eigenvalue weighted by Gasteiger charge is 2.16. The molecule has 0 spiro atoms. The van der Waals surface area contributed by atoms with E-state index in [2.05, 4.69) is 20.6 Å². The second kappa shape index (κ2) is 8.42. The number of amides is 1. The van der Waals surface area contributed by atoms with E-state index in [0.29, 0.717) is 19.0 Å². The van der Waals surface area contributed by atoms with E-state index < -0.39 is 0 Å². The molecule has 3 rings (SSSR count). The van der Waals surface area contributed by atoms with E-state index in [0.717, 1.165) is 40.9 Å². The Balaban J connectivity index is 1.42. The van der Waals surface area contributed by atoms with Crippen LogP contribution in [-0.4, -0.2) is 46.5 Å². The van der Waals surface area contributed by atoms with Crippen molar-refractivity contribution in [2.45, 2.75) is 18.9 Å². The van der Waals surface area contributed by atoms with Gasteiger partial charge in [0, 0.05) is 55.1 Å². The molecule has 3 heterocycles. The molecule has 1 aliphatic heterocycles. The lowest BCUT2D eigenvalue weighted by atomic mass is 10.2. The summed E-state index contributed by atoms with van der Waals surface area (Å²) in [4.78, 5) is 20.8. The molecule has 1 atom stereocenters. The highest BCUT2D eigenvalue weighted by atomic mass is 32.2. The molecular formula is C16H20N4OS2. The highest BCUT2D eigenvalue weighted by Crippen LogP contribution is 2.19. The van der Waals surface area contributed by atoms with Crippen molar-refractivity contribution in [1.29, 1.82) is 0 Å². The lowest BCUT2D eigenvalue weighted by Crippen LogP contribution is -2.41. The Labute approximate surface area is 144 Å². The lowest BCUT2D eigenvalue weighted by Gasteiger charge is -2.22. The van der Waals surface area contributed by atoms with E-state index in [9.17, 15) is 4.79 Å². The van der Waals surface area contributed by atoms with Gasteiger partial charge < -0.3 is 10.6 Å². The maximum Gasteiger partial charge on any atom is 0.221 e. The molecule has 0 aliphatic carbocycles. The molecular weight excluding hydrogens is 328 g/mol. The van der Waals surface area contributed by atoms with Crippen molar-refractivity contribution in [2.75, 3.05) is 24.6 Å². The van der Waals surface area contributed by atoms with E-state index in [1.165, 1.54) is 0 Å². The summed E-state index contributed by atoms with van der Waals surface area (Å²) in [6, 6.07) is 6.12. The van der Waals surface area contributed by atoms with Crippen LogP contribution in [0, 0.1) is 0 Å². The number of thiazole rings is 1. The molecule has 122 valence electrons. The van der Waals surface area contributed by atoms with E-state index in [4.69, 9.17) is 0 Å². The van der Waals surface area contributed by atoms with Gasteiger partial charge in [-0.2, -0.15) is 11.8 Å². The molecule has 23 heavy (non-hydrogen) atoms. The summed E-state index contributed by atoms with van der Waals surface area (Å²) in [7, 11) is 0. The smallest absolute Gasteiger partial charge is 0.221 e. The number of nitrogens with one attached hydrogen (secondary N) is 2. The normalized spacial score (nSPS) is 17.8. The first-order chi connectivity index (χ1) is 11.3. The van der Waals surface area contributed by atoms with Crippen molar-refractivity contribution in [3.63, 3.8) is 0 Å². The molecule has 1 aliphatic rings. The zero-order valence-electron chi connectivity index (χ0n) is 12.8. The zero-order valence-corrected chi connectivity index (χ0v) is 14.5. The van der Waals surface area contributed by atoms with Crippen LogP contribution >= 0.6 is 23.1 Å². The molecule has 0 aromatic carbocycles. The molecule has 5 nitrogen and oxygen atoms in total. The maximum absolute atomic E-state index is 11.9. The fourth-order valence-corrected chi connectivity index (χ4v) is 4.15. The van der Waals surface area contributed by atoms with Gasteiger partial charge in [-0.1, -0.05) is 6.07 Å². The second-order valence-corrected chi connectivity index (χ2v) is 7.46. The summed E-state index contributed by atoms with van der Waals surface area (Å²) in [6.07, 6.45) is 3.09. The van der Waals surface area contributed by atoms with Crippen molar-refractivity contribution in [3.8, 4) is 11.4 Å². The molecule has 2 aromatic heterocycles. The first kappa shape index (κ1) is 16.4. The highest BCUT2D eigenvalue weighted by molar-refractivity contribution is 7.99. The number of carbonyl (C=O) groups excluding carboxylic acids is 1. The molecule has 1 amide bonds. The summed E-state index contributed by atoms with van der Waals surface area (Å²) < 4.78 is 0. The molecule has 1 saturated heterocycles. The first-order valence-electron chi connectivity index (χ1n) is 7.75. The van der Waals surface area contributed by atoms with Crippen molar-refractivity contribution in [1.82, 2.24) is 20.6 Å². The van der Waals surface area contributed by atoms with E-state index >= 15 is 0 Å². The van der Waals surface area contributed by atoms with Gasteiger partial charge in [-0.25, -0.2) is 4.98 Å². The average molecular weight is 348 g/mol. The summed E-state index contributed by atoms with van der Waals surface area (Å²) in [5.74, 6) is 2.28. The van der Waals surface area contributed by atoms with E-state index in [1.807, 2.05) is 35.3 Å². The molecule has 0 radical (unpaired) electrons. The standard InChI is InChI=1S/C16H20N4OS2/c21-15(9-12-10-22-8-7-17-12)19-6-4-16-20-14(11-23-16)13-3-1-2-5-18-13/h1-3,5,11-12,17H,4,6-10H2,(H,19,21).